The van der Waals surface area contributed by atoms with Gasteiger partial charge in [-0.2, -0.15) is 0 Å². The maximum atomic E-state index is 12.4. The number of hydrogen-bond acceptors (Lipinski definition) is 6. The maximum absolute atomic E-state index is 12.4. The van der Waals surface area contributed by atoms with Gasteiger partial charge in [0.05, 0.1) is 16.6 Å². The van der Waals surface area contributed by atoms with Gasteiger partial charge in [0, 0.05) is 29.2 Å². The van der Waals surface area contributed by atoms with E-state index >= 15 is 0 Å². The second-order valence-electron chi connectivity index (χ2n) is 11.4. The number of likely N-dealkylation sites (tertiary alicyclic amines) is 1. The molecular formula is C33H33ClF3N3O2S. The Morgan fingerprint density at radius 1 is 1.00 bits per heavy atom. The standard InChI is InChI=1S/C33H33ClF3N3O2S/c1-20-30(34)31(41)29-27-12-9-24(17-28(27)43-32(29)38-20)23-7-3-21(4-8-23)18-39(2)25-13-15-40(16-14-25)19-22-5-10-26(11-6-22)42-33(35,36)37/h3-12,17,20,25,38,41H,13-16,18-19H2,1-2H3. The first-order valence-corrected chi connectivity index (χ1v) is 15.5. The van der Waals surface area contributed by atoms with Crippen molar-refractivity contribution in [1.82, 2.24) is 9.80 Å². The van der Waals surface area contributed by atoms with Gasteiger partial charge in [0.15, 0.2) is 0 Å². The minimum absolute atomic E-state index is 0.115. The maximum Gasteiger partial charge on any atom is 0.573 e. The number of nitrogens with zero attached hydrogens (tertiary/aromatic N) is 2. The van der Waals surface area contributed by atoms with Crippen LogP contribution in [0.3, 0.4) is 0 Å². The number of benzene rings is 3. The molecule has 0 spiro atoms. The normalized spacial score (nSPS) is 18.3. The molecular weight excluding hydrogens is 595 g/mol. The van der Waals surface area contributed by atoms with Crippen molar-refractivity contribution in [2.24, 2.45) is 0 Å². The molecule has 1 atom stereocenters. The SMILES string of the molecule is CC1Nc2sc3cc(-c4ccc(CN(C)C5CCN(Cc6ccc(OC(F)(F)F)cc6)CC5)cc4)ccc3c2C(O)=C1Cl. The van der Waals surface area contributed by atoms with E-state index in [4.69, 9.17) is 11.6 Å². The van der Waals surface area contributed by atoms with Gasteiger partial charge in [-0.3, -0.25) is 9.80 Å². The van der Waals surface area contributed by atoms with Gasteiger partial charge < -0.3 is 15.2 Å². The Hall–Kier alpha value is -3.24. The number of fused-ring (bicyclic) bond motifs is 3. The Morgan fingerprint density at radius 3 is 2.33 bits per heavy atom. The summed E-state index contributed by atoms with van der Waals surface area (Å²) in [6.07, 6.45) is -2.59. The molecule has 1 fully saturated rings. The fourth-order valence-corrected chi connectivity index (χ4v) is 7.37. The van der Waals surface area contributed by atoms with E-state index in [0.717, 1.165) is 69.8 Å². The summed E-state index contributed by atoms with van der Waals surface area (Å²) in [6.45, 7) is 5.39. The Bertz CT molecular complexity index is 1630. The van der Waals surface area contributed by atoms with Gasteiger partial charge in [0.2, 0.25) is 0 Å². The van der Waals surface area contributed by atoms with Crippen LogP contribution in [0.1, 0.15) is 36.5 Å². The first-order valence-electron chi connectivity index (χ1n) is 14.3. The molecule has 226 valence electrons. The molecule has 0 amide bonds. The summed E-state index contributed by atoms with van der Waals surface area (Å²) < 4.78 is 42.3. The molecule has 2 N–H and O–H groups in total. The number of anilines is 1. The summed E-state index contributed by atoms with van der Waals surface area (Å²) in [4.78, 5) is 4.76. The van der Waals surface area contributed by atoms with Gasteiger partial charge in [0.25, 0.3) is 0 Å². The van der Waals surface area contributed by atoms with E-state index in [1.807, 2.05) is 6.92 Å². The lowest BCUT2D eigenvalue weighted by molar-refractivity contribution is -0.274. The predicted molar refractivity (Wildman–Crippen MR) is 169 cm³/mol. The van der Waals surface area contributed by atoms with E-state index in [2.05, 4.69) is 69.4 Å². The van der Waals surface area contributed by atoms with Crippen LogP contribution in [0.2, 0.25) is 0 Å². The topological polar surface area (TPSA) is 48.0 Å². The average Bonchev–Trinajstić information content (AvgIpc) is 3.34. The molecule has 0 saturated carbocycles. The predicted octanol–water partition coefficient (Wildman–Crippen LogP) is 8.84. The summed E-state index contributed by atoms with van der Waals surface area (Å²) in [7, 11) is 2.17. The summed E-state index contributed by atoms with van der Waals surface area (Å²) >= 11 is 7.95. The van der Waals surface area contributed by atoms with E-state index in [0.29, 0.717) is 17.6 Å². The zero-order valence-electron chi connectivity index (χ0n) is 23.9. The quantitative estimate of drug-likeness (QED) is 0.214. The lowest BCUT2D eigenvalue weighted by atomic mass is 9.99. The zero-order chi connectivity index (χ0) is 30.3. The van der Waals surface area contributed by atoms with Crippen molar-refractivity contribution in [3.05, 3.63) is 88.5 Å². The third-order valence-corrected chi connectivity index (χ3v) is 9.93. The van der Waals surface area contributed by atoms with Gasteiger partial charge in [-0.15, -0.1) is 24.5 Å². The molecule has 10 heteroatoms. The van der Waals surface area contributed by atoms with Crippen molar-refractivity contribution in [1.29, 1.82) is 0 Å². The second-order valence-corrected chi connectivity index (χ2v) is 12.9. The lowest BCUT2D eigenvalue weighted by Gasteiger charge is -2.37. The van der Waals surface area contributed by atoms with Crippen molar-refractivity contribution in [3.63, 3.8) is 0 Å². The molecule has 1 aromatic heterocycles. The highest BCUT2D eigenvalue weighted by Crippen LogP contribution is 2.45. The Morgan fingerprint density at radius 2 is 1.65 bits per heavy atom. The van der Waals surface area contributed by atoms with Crippen molar-refractivity contribution in [2.75, 3.05) is 25.5 Å². The van der Waals surface area contributed by atoms with Crippen molar-refractivity contribution in [3.8, 4) is 16.9 Å². The molecule has 2 aliphatic rings. The summed E-state index contributed by atoms with van der Waals surface area (Å²) in [5.41, 5.74) is 5.29. The summed E-state index contributed by atoms with van der Waals surface area (Å²) in [5, 5.41) is 16.4. The van der Waals surface area contributed by atoms with Crippen molar-refractivity contribution < 1.29 is 23.0 Å². The molecule has 0 aliphatic carbocycles. The first-order chi connectivity index (χ1) is 20.5. The average molecular weight is 628 g/mol. The lowest BCUT2D eigenvalue weighted by Crippen LogP contribution is -2.42. The van der Waals surface area contributed by atoms with E-state index in [1.54, 1.807) is 23.5 Å². The van der Waals surface area contributed by atoms with Crippen LogP contribution in [0.4, 0.5) is 18.2 Å². The Kier molecular flexibility index (Phi) is 8.35. The van der Waals surface area contributed by atoms with Crippen LogP contribution in [-0.4, -0.2) is 53.5 Å². The fraction of sp³-hybridized carbons (Fsp3) is 0.333. The van der Waals surface area contributed by atoms with Crippen LogP contribution in [0, 0.1) is 0 Å². The van der Waals surface area contributed by atoms with E-state index in [1.165, 1.54) is 17.7 Å². The molecule has 1 saturated heterocycles. The first kappa shape index (κ1) is 29.8. The van der Waals surface area contributed by atoms with E-state index in [-0.39, 0.29) is 17.6 Å². The summed E-state index contributed by atoms with van der Waals surface area (Å²) in [5.74, 6) is -0.0300. The smallest absolute Gasteiger partial charge is 0.506 e. The number of aliphatic hydroxyl groups excluding tert-OH is 1. The minimum atomic E-state index is -4.67. The van der Waals surface area contributed by atoms with Crippen LogP contribution in [0.15, 0.2) is 71.8 Å². The Balaban J connectivity index is 1.03. The molecule has 1 unspecified atom stereocenters. The highest BCUT2D eigenvalue weighted by Gasteiger charge is 2.31. The van der Waals surface area contributed by atoms with Gasteiger partial charge in [-0.1, -0.05) is 60.1 Å². The Labute approximate surface area is 258 Å². The van der Waals surface area contributed by atoms with Crippen molar-refractivity contribution in [2.45, 2.75) is 51.3 Å². The number of ether oxygens (including phenoxy) is 1. The number of alkyl halides is 3. The van der Waals surface area contributed by atoms with E-state index < -0.39 is 6.36 Å². The van der Waals surface area contributed by atoms with Gasteiger partial charge in [-0.05, 0) is 80.4 Å². The third-order valence-electron chi connectivity index (χ3n) is 8.34. The minimum Gasteiger partial charge on any atom is -0.506 e. The molecule has 5 nitrogen and oxygen atoms in total. The monoisotopic (exact) mass is 627 g/mol. The van der Waals surface area contributed by atoms with Crippen LogP contribution >= 0.6 is 22.9 Å². The highest BCUT2D eigenvalue weighted by molar-refractivity contribution is 7.23. The van der Waals surface area contributed by atoms with Gasteiger partial charge >= 0.3 is 6.36 Å². The molecule has 6 rings (SSSR count). The largest absolute Gasteiger partial charge is 0.573 e. The number of halogens is 4. The molecule has 43 heavy (non-hydrogen) atoms. The number of rotatable bonds is 7. The zero-order valence-corrected chi connectivity index (χ0v) is 25.5. The molecule has 2 aliphatic heterocycles. The van der Waals surface area contributed by atoms with Crippen LogP contribution in [-0.2, 0) is 13.1 Å². The van der Waals surface area contributed by atoms with E-state index in [9.17, 15) is 18.3 Å². The number of nitrogens with one attached hydrogen (secondary N) is 1. The molecule has 0 radical (unpaired) electrons. The third kappa shape index (κ3) is 6.65. The van der Waals surface area contributed by atoms with Crippen molar-refractivity contribution >= 4 is 43.8 Å². The molecule has 0 bridgehead atoms. The van der Waals surface area contributed by atoms with Crippen LogP contribution < -0.4 is 10.1 Å². The number of aliphatic hydroxyl groups is 1. The highest BCUT2D eigenvalue weighted by atomic mass is 35.5. The molecule has 3 heterocycles. The fourth-order valence-electron chi connectivity index (χ4n) is 5.99. The molecule has 3 aromatic carbocycles. The number of hydrogen-bond donors (Lipinski definition) is 2. The second kappa shape index (κ2) is 12.0. The van der Waals surface area contributed by atoms with Crippen LogP contribution in [0.25, 0.3) is 27.0 Å². The summed E-state index contributed by atoms with van der Waals surface area (Å²) in [6, 6.07) is 21.5. The number of thiophene rings is 1. The van der Waals surface area contributed by atoms with Crippen LogP contribution in [0.5, 0.6) is 5.75 Å². The molecule has 4 aromatic rings. The van der Waals surface area contributed by atoms with Gasteiger partial charge in [-0.25, -0.2) is 0 Å². The number of piperidine rings is 1. The van der Waals surface area contributed by atoms with Gasteiger partial charge in [0.1, 0.15) is 16.5 Å².